The van der Waals surface area contributed by atoms with Gasteiger partial charge in [-0.3, -0.25) is 4.79 Å². The molecule has 2 unspecified atom stereocenters. The standard InChI is InChI=1S/C14H26O5Si/c1-13(2,3)20(6,7)16-8-9-10(15)11-12(17-9)19-14(4,5)18-11/h9,11-12H,8H2,1-7H3/t9-,11?,12?/m1/s1. The van der Waals surface area contributed by atoms with E-state index in [0.29, 0.717) is 0 Å². The quantitative estimate of drug-likeness (QED) is 0.750. The zero-order valence-electron chi connectivity index (χ0n) is 13.5. The molecule has 0 radical (unpaired) electrons. The summed E-state index contributed by atoms with van der Waals surface area (Å²) in [5, 5.41) is 0.111. The van der Waals surface area contributed by atoms with Crippen LogP contribution in [0.15, 0.2) is 0 Å². The van der Waals surface area contributed by atoms with Crippen molar-refractivity contribution in [2.75, 3.05) is 6.61 Å². The van der Waals surface area contributed by atoms with Crippen molar-refractivity contribution in [1.82, 2.24) is 0 Å². The van der Waals surface area contributed by atoms with E-state index in [-0.39, 0.29) is 17.4 Å². The molecule has 0 aromatic carbocycles. The van der Waals surface area contributed by atoms with E-state index >= 15 is 0 Å². The molecule has 6 heteroatoms. The Kier molecular flexibility index (Phi) is 3.93. The minimum absolute atomic E-state index is 0.0701. The molecule has 0 aromatic heterocycles. The van der Waals surface area contributed by atoms with Crippen molar-refractivity contribution in [1.29, 1.82) is 0 Å². The van der Waals surface area contributed by atoms with Crippen molar-refractivity contribution in [3.63, 3.8) is 0 Å². The van der Waals surface area contributed by atoms with Gasteiger partial charge in [0.2, 0.25) is 0 Å². The van der Waals surface area contributed by atoms with Gasteiger partial charge in [-0.05, 0) is 32.0 Å². The fraction of sp³-hybridized carbons (Fsp3) is 0.929. The third-order valence-electron chi connectivity index (χ3n) is 4.36. The molecule has 0 N–H and O–H groups in total. The molecule has 0 bridgehead atoms. The van der Waals surface area contributed by atoms with Gasteiger partial charge in [0.15, 0.2) is 32.3 Å². The SMILES string of the molecule is CC1(C)OC2O[C@H](CO[Si](C)(C)C(C)(C)C)C(=O)C2O1. The number of Topliss-reactive ketones (excluding diaryl/α,β-unsaturated/α-hetero) is 1. The van der Waals surface area contributed by atoms with E-state index in [9.17, 15) is 4.79 Å². The second kappa shape index (κ2) is 4.88. The summed E-state index contributed by atoms with van der Waals surface area (Å²) in [7, 11) is -1.88. The zero-order valence-corrected chi connectivity index (χ0v) is 14.5. The Bertz CT molecular complexity index is 399. The Labute approximate surface area is 122 Å². The molecule has 2 rings (SSSR count). The lowest BCUT2D eigenvalue weighted by molar-refractivity contribution is -0.206. The van der Waals surface area contributed by atoms with Gasteiger partial charge < -0.3 is 18.6 Å². The highest BCUT2D eigenvalue weighted by atomic mass is 28.4. The van der Waals surface area contributed by atoms with Crippen molar-refractivity contribution in [3.05, 3.63) is 0 Å². The first-order valence-electron chi connectivity index (χ1n) is 7.12. The van der Waals surface area contributed by atoms with E-state index in [0.717, 1.165) is 0 Å². The molecule has 2 heterocycles. The number of hydrogen-bond donors (Lipinski definition) is 0. The molecule has 0 aromatic rings. The second-order valence-electron chi connectivity index (χ2n) is 7.52. The maximum atomic E-state index is 12.2. The van der Waals surface area contributed by atoms with Crippen molar-refractivity contribution in [2.24, 2.45) is 0 Å². The highest BCUT2D eigenvalue weighted by Crippen LogP contribution is 2.38. The summed E-state index contributed by atoms with van der Waals surface area (Å²) in [4.78, 5) is 12.2. The molecule has 0 aliphatic carbocycles. The Morgan fingerprint density at radius 3 is 2.35 bits per heavy atom. The second-order valence-corrected chi connectivity index (χ2v) is 12.3. The number of carbonyl (C=O) groups excluding carboxylic acids is 1. The molecule has 20 heavy (non-hydrogen) atoms. The number of fused-ring (bicyclic) bond motifs is 1. The average Bonchev–Trinajstić information content (AvgIpc) is 2.69. The van der Waals surface area contributed by atoms with Gasteiger partial charge in [0.25, 0.3) is 0 Å². The van der Waals surface area contributed by atoms with Crippen LogP contribution in [-0.2, 0) is 23.4 Å². The molecule has 0 spiro atoms. The summed E-state index contributed by atoms with van der Waals surface area (Å²) >= 11 is 0. The summed E-state index contributed by atoms with van der Waals surface area (Å²) < 4.78 is 22.8. The first kappa shape index (κ1) is 16.1. The van der Waals surface area contributed by atoms with Gasteiger partial charge in [-0.15, -0.1) is 0 Å². The van der Waals surface area contributed by atoms with Gasteiger partial charge >= 0.3 is 0 Å². The van der Waals surface area contributed by atoms with E-state index < -0.39 is 32.6 Å². The van der Waals surface area contributed by atoms with Gasteiger partial charge in [0, 0.05) is 0 Å². The highest BCUT2D eigenvalue weighted by molar-refractivity contribution is 6.74. The van der Waals surface area contributed by atoms with Crippen LogP contribution in [0.25, 0.3) is 0 Å². The van der Waals surface area contributed by atoms with Crippen LogP contribution in [0.4, 0.5) is 0 Å². The van der Waals surface area contributed by atoms with Gasteiger partial charge in [-0.25, -0.2) is 0 Å². The molecular formula is C14H26O5Si. The molecule has 5 nitrogen and oxygen atoms in total. The molecule has 2 fully saturated rings. The van der Waals surface area contributed by atoms with Crippen LogP contribution in [-0.4, -0.2) is 45.0 Å². The predicted octanol–water partition coefficient (Wildman–Crippen LogP) is 2.45. The van der Waals surface area contributed by atoms with Crippen LogP contribution in [0.1, 0.15) is 34.6 Å². The van der Waals surface area contributed by atoms with Crippen molar-refractivity contribution in [3.8, 4) is 0 Å². The van der Waals surface area contributed by atoms with Gasteiger partial charge in [-0.1, -0.05) is 20.8 Å². The Morgan fingerprint density at radius 1 is 1.25 bits per heavy atom. The van der Waals surface area contributed by atoms with Gasteiger partial charge in [-0.2, -0.15) is 0 Å². The lowest BCUT2D eigenvalue weighted by atomic mass is 10.2. The van der Waals surface area contributed by atoms with Crippen LogP contribution < -0.4 is 0 Å². The smallest absolute Gasteiger partial charge is 0.197 e. The van der Waals surface area contributed by atoms with Crippen LogP contribution >= 0.6 is 0 Å². The van der Waals surface area contributed by atoms with E-state index in [1.54, 1.807) is 13.8 Å². The fourth-order valence-corrected chi connectivity index (χ4v) is 3.06. The summed E-state index contributed by atoms with van der Waals surface area (Å²) in [6.45, 7) is 14.7. The molecule has 116 valence electrons. The molecular weight excluding hydrogens is 276 g/mol. The van der Waals surface area contributed by atoms with E-state index in [1.165, 1.54) is 0 Å². The largest absolute Gasteiger partial charge is 0.414 e. The topological polar surface area (TPSA) is 54.0 Å². The maximum absolute atomic E-state index is 12.2. The molecule has 0 amide bonds. The van der Waals surface area contributed by atoms with Crippen LogP contribution in [0.3, 0.4) is 0 Å². The molecule has 3 atom stereocenters. The minimum atomic E-state index is -1.88. The lowest BCUT2D eigenvalue weighted by Gasteiger charge is -2.36. The molecule has 2 aliphatic rings. The summed E-state index contributed by atoms with van der Waals surface area (Å²) in [5.74, 6) is -0.824. The third-order valence-corrected chi connectivity index (χ3v) is 8.86. The number of rotatable bonds is 3. The van der Waals surface area contributed by atoms with Crippen molar-refractivity contribution in [2.45, 2.75) is 77.0 Å². The van der Waals surface area contributed by atoms with E-state index in [4.69, 9.17) is 18.6 Å². The number of carbonyl (C=O) groups is 1. The first-order chi connectivity index (χ1) is 8.93. The minimum Gasteiger partial charge on any atom is -0.414 e. The van der Waals surface area contributed by atoms with Crippen molar-refractivity contribution >= 4 is 14.1 Å². The van der Waals surface area contributed by atoms with E-state index in [2.05, 4.69) is 33.9 Å². The first-order valence-corrected chi connectivity index (χ1v) is 10.0. The van der Waals surface area contributed by atoms with Crippen molar-refractivity contribution < 1.29 is 23.4 Å². The Morgan fingerprint density at radius 2 is 1.85 bits per heavy atom. The monoisotopic (exact) mass is 302 g/mol. The fourth-order valence-electron chi connectivity index (χ4n) is 2.06. The lowest BCUT2D eigenvalue weighted by Crippen LogP contribution is -2.44. The van der Waals surface area contributed by atoms with Crippen LogP contribution in [0.2, 0.25) is 18.1 Å². The number of ketones is 1. The normalized spacial score (nSPS) is 33.5. The predicted molar refractivity (Wildman–Crippen MR) is 76.9 cm³/mol. The summed E-state index contributed by atoms with van der Waals surface area (Å²) in [5.41, 5.74) is 0. The Balaban J connectivity index is 1.93. The summed E-state index contributed by atoms with van der Waals surface area (Å²) in [6, 6.07) is 0. The van der Waals surface area contributed by atoms with Crippen LogP contribution in [0.5, 0.6) is 0 Å². The molecule has 2 saturated heterocycles. The highest BCUT2D eigenvalue weighted by Gasteiger charge is 2.54. The Hall–Kier alpha value is -0.273. The number of hydrogen-bond acceptors (Lipinski definition) is 5. The average molecular weight is 302 g/mol. The summed E-state index contributed by atoms with van der Waals surface area (Å²) in [6.07, 6.45) is -1.78. The molecule has 2 aliphatic heterocycles. The number of ether oxygens (including phenoxy) is 3. The van der Waals surface area contributed by atoms with E-state index in [1.807, 2.05) is 0 Å². The van der Waals surface area contributed by atoms with Gasteiger partial charge in [0.05, 0.1) is 6.61 Å². The third kappa shape index (κ3) is 2.99. The van der Waals surface area contributed by atoms with Crippen LogP contribution in [0, 0.1) is 0 Å². The van der Waals surface area contributed by atoms with Gasteiger partial charge in [0.1, 0.15) is 6.10 Å². The maximum Gasteiger partial charge on any atom is 0.197 e. The zero-order chi connectivity index (χ0) is 15.3. The molecule has 0 saturated carbocycles.